The van der Waals surface area contributed by atoms with Crippen molar-refractivity contribution in [3.05, 3.63) is 65.5 Å². The molecule has 7 nitrogen and oxygen atoms in total. The molecule has 1 amide bonds. The number of carbonyl (C=O) groups is 1. The van der Waals surface area contributed by atoms with Gasteiger partial charge >= 0.3 is 0 Å². The van der Waals surface area contributed by atoms with Crippen molar-refractivity contribution in [3.8, 4) is 11.4 Å². The average Bonchev–Trinajstić information content (AvgIpc) is 3.04. The zero-order valence-electron chi connectivity index (χ0n) is 16.8. The summed E-state index contributed by atoms with van der Waals surface area (Å²) in [6.07, 6.45) is 3.17. The maximum atomic E-state index is 13.9. The van der Waals surface area contributed by atoms with Gasteiger partial charge < -0.3 is 9.80 Å². The fourth-order valence-electron chi connectivity index (χ4n) is 4.36. The van der Waals surface area contributed by atoms with Crippen molar-refractivity contribution >= 4 is 11.9 Å². The molecular formula is C22H21FN6O. The van der Waals surface area contributed by atoms with E-state index >= 15 is 0 Å². The van der Waals surface area contributed by atoms with E-state index in [4.69, 9.17) is 0 Å². The van der Waals surface area contributed by atoms with Crippen LogP contribution in [0.25, 0.3) is 11.4 Å². The number of anilines is 1. The van der Waals surface area contributed by atoms with Gasteiger partial charge in [-0.1, -0.05) is 0 Å². The Morgan fingerprint density at radius 1 is 1.03 bits per heavy atom. The summed E-state index contributed by atoms with van der Waals surface area (Å²) in [5.41, 5.74) is 2.70. The number of likely N-dealkylation sites (tertiary alicyclic amines) is 1. The van der Waals surface area contributed by atoms with Crippen LogP contribution >= 0.6 is 0 Å². The predicted molar refractivity (Wildman–Crippen MR) is 109 cm³/mol. The van der Waals surface area contributed by atoms with E-state index in [-0.39, 0.29) is 11.9 Å². The number of hydrogen-bond acceptors (Lipinski definition) is 6. The summed E-state index contributed by atoms with van der Waals surface area (Å²) in [4.78, 5) is 34.8. The third-order valence-corrected chi connectivity index (χ3v) is 5.77. The monoisotopic (exact) mass is 404 g/mol. The van der Waals surface area contributed by atoms with Gasteiger partial charge in [-0.3, -0.25) is 4.79 Å². The first-order chi connectivity index (χ1) is 14.5. The van der Waals surface area contributed by atoms with E-state index in [9.17, 15) is 9.18 Å². The SMILES string of the molecule is Cc1cc(C)nc(N2CC3CN(C(=O)c4ccc(F)cc4-c4ncccn4)C3C2)n1. The van der Waals surface area contributed by atoms with Crippen LogP contribution in [0, 0.1) is 25.6 Å². The van der Waals surface area contributed by atoms with Gasteiger partial charge in [0.2, 0.25) is 5.95 Å². The number of fused-ring (bicyclic) bond motifs is 1. The number of carbonyl (C=O) groups excluding carboxylic acids is 1. The lowest BCUT2D eigenvalue weighted by Crippen LogP contribution is -2.58. The van der Waals surface area contributed by atoms with Gasteiger partial charge in [-0.25, -0.2) is 24.3 Å². The van der Waals surface area contributed by atoms with Crippen molar-refractivity contribution < 1.29 is 9.18 Å². The molecule has 5 rings (SSSR count). The highest BCUT2D eigenvalue weighted by molar-refractivity contribution is 6.00. The van der Waals surface area contributed by atoms with Crippen LogP contribution in [-0.2, 0) is 0 Å². The number of amides is 1. The molecule has 3 aromatic rings. The zero-order valence-corrected chi connectivity index (χ0v) is 16.8. The number of hydrogen-bond donors (Lipinski definition) is 0. The van der Waals surface area contributed by atoms with Crippen molar-refractivity contribution in [1.82, 2.24) is 24.8 Å². The molecule has 0 radical (unpaired) electrons. The van der Waals surface area contributed by atoms with Gasteiger partial charge in [-0.2, -0.15) is 0 Å². The standard InChI is InChI=1S/C22H21FN6O/c1-13-8-14(2)27-22(26-13)28-10-15-11-29(19(15)12-28)21(30)17-5-4-16(23)9-18(17)20-24-6-3-7-25-20/h3-9,15,19H,10-12H2,1-2H3. The van der Waals surface area contributed by atoms with E-state index < -0.39 is 5.82 Å². The van der Waals surface area contributed by atoms with Gasteiger partial charge in [-0.15, -0.1) is 0 Å². The lowest BCUT2D eigenvalue weighted by Gasteiger charge is -2.43. The molecule has 2 aliphatic heterocycles. The smallest absolute Gasteiger partial charge is 0.254 e. The molecule has 4 heterocycles. The summed E-state index contributed by atoms with van der Waals surface area (Å²) in [7, 11) is 0. The second-order valence-corrected chi connectivity index (χ2v) is 7.90. The Morgan fingerprint density at radius 3 is 2.50 bits per heavy atom. The molecule has 2 atom stereocenters. The number of halogens is 1. The van der Waals surface area contributed by atoms with Gasteiger partial charge in [0.25, 0.3) is 5.91 Å². The maximum Gasteiger partial charge on any atom is 0.254 e. The van der Waals surface area contributed by atoms with Crippen LogP contribution in [0.4, 0.5) is 10.3 Å². The second-order valence-electron chi connectivity index (χ2n) is 7.90. The Kier molecular flexibility index (Phi) is 4.42. The minimum Gasteiger partial charge on any atom is -0.338 e. The zero-order chi connectivity index (χ0) is 20.8. The Labute approximate surface area is 173 Å². The van der Waals surface area contributed by atoms with Crippen molar-refractivity contribution in [1.29, 1.82) is 0 Å². The molecule has 0 aliphatic carbocycles. The van der Waals surface area contributed by atoms with Gasteiger partial charge in [0.05, 0.1) is 11.6 Å². The summed E-state index contributed by atoms with van der Waals surface area (Å²) >= 11 is 0. The molecule has 2 aliphatic rings. The minimum atomic E-state index is -0.422. The summed E-state index contributed by atoms with van der Waals surface area (Å²) in [5.74, 6) is 0.898. The van der Waals surface area contributed by atoms with Crippen LogP contribution < -0.4 is 4.90 Å². The molecule has 0 saturated carbocycles. The number of rotatable bonds is 3. The third-order valence-electron chi connectivity index (χ3n) is 5.77. The fraction of sp³-hybridized carbons (Fsp3) is 0.318. The quantitative estimate of drug-likeness (QED) is 0.668. The number of aromatic nitrogens is 4. The molecule has 1 aromatic carbocycles. The van der Waals surface area contributed by atoms with E-state index in [1.807, 2.05) is 24.8 Å². The number of benzene rings is 1. The molecule has 8 heteroatoms. The van der Waals surface area contributed by atoms with Crippen LogP contribution in [-0.4, -0.2) is 56.4 Å². The van der Waals surface area contributed by atoms with Gasteiger partial charge in [0.1, 0.15) is 5.82 Å². The highest BCUT2D eigenvalue weighted by Gasteiger charge is 2.48. The first-order valence-corrected chi connectivity index (χ1v) is 9.95. The maximum absolute atomic E-state index is 13.9. The molecule has 30 heavy (non-hydrogen) atoms. The van der Waals surface area contributed by atoms with Crippen molar-refractivity contribution in [2.45, 2.75) is 19.9 Å². The van der Waals surface area contributed by atoms with E-state index in [0.717, 1.165) is 23.9 Å². The number of aryl methyl sites for hydroxylation is 2. The normalized spacial score (nSPS) is 20.1. The predicted octanol–water partition coefficient (Wildman–Crippen LogP) is 2.65. The summed E-state index contributed by atoms with van der Waals surface area (Å²) in [6.45, 7) is 6.10. The van der Waals surface area contributed by atoms with Crippen LogP contribution in [0.1, 0.15) is 21.7 Å². The molecule has 152 valence electrons. The summed E-state index contributed by atoms with van der Waals surface area (Å²) in [5, 5.41) is 0. The molecule has 2 unspecified atom stereocenters. The van der Waals surface area contributed by atoms with E-state index in [1.165, 1.54) is 18.2 Å². The van der Waals surface area contributed by atoms with Crippen molar-refractivity contribution in [2.75, 3.05) is 24.5 Å². The second kappa shape index (κ2) is 7.12. The lowest BCUT2D eigenvalue weighted by atomic mass is 9.90. The Hall–Kier alpha value is -3.42. The third kappa shape index (κ3) is 3.18. The lowest BCUT2D eigenvalue weighted by molar-refractivity contribution is 0.0328. The summed E-state index contributed by atoms with van der Waals surface area (Å²) in [6, 6.07) is 7.89. The van der Waals surface area contributed by atoms with Gasteiger partial charge in [0.15, 0.2) is 5.82 Å². The number of nitrogens with zero attached hydrogens (tertiary/aromatic N) is 6. The van der Waals surface area contributed by atoms with Crippen LogP contribution in [0.3, 0.4) is 0 Å². The van der Waals surface area contributed by atoms with E-state index in [2.05, 4.69) is 24.8 Å². The largest absolute Gasteiger partial charge is 0.338 e. The Morgan fingerprint density at radius 2 is 1.77 bits per heavy atom. The summed E-state index contributed by atoms with van der Waals surface area (Å²) < 4.78 is 13.9. The minimum absolute atomic E-state index is 0.0940. The first kappa shape index (κ1) is 18.6. The molecule has 0 spiro atoms. The molecule has 2 fully saturated rings. The highest BCUT2D eigenvalue weighted by Crippen LogP contribution is 2.36. The molecule has 0 N–H and O–H groups in total. The van der Waals surface area contributed by atoms with Gasteiger partial charge in [-0.05, 0) is 44.2 Å². The molecule has 2 saturated heterocycles. The Bertz CT molecular complexity index is 1100. The fourth-order valence-corrected chi connectivity index (χ4v) is 4.36. The van der Waals surface area contributed by atoms with E-state index in [1.54, 1.807) is 18.5 Å². The molecular weight excluding hydrogens is 383 g/mol. The van der Waals surface area contributed by atoms with Crippen molar-refractivity contribution in [2.24, 2.45) is 5.92 Å². The van der Waals surface area contributed by atoms with E-state index in [0.29, 0.717) is 36.0 Å². The molecule has 0 bridgehead atoms. The average molecular weight is 404 g/mol. The first-order valence-electron chi connectivity index (χ1n) is 9.95. The molecule has 2 aromatic heterocycles. The highest BCUT2D eigenvalue weighted by atomic mass is 19.1. The van der Waals surface area contributed by atoms with Crippen LogP contribution in [0.5, 0.6) is 0 Å². The van der Waals surface area contributed by atoms with Crippen LogP contribution in [0.2, 0.25) is 0 Å². The Balaban J connectivity index is 1.39. The van der Waals surface area contributed by atoms with Crippen LogP contribution in [0.15, 0.2) is 42.7 Å². The van der Waals surface area contributed by atoms with Gasteiger partial charge in [0, 0.05) is 54.9 Å². The van der Waals surface area contributed by atoms with Crippen molar-refractivity contribution in [3.63, 3.8) is 0 Å². The topological polar surface area (TPSA) is 75.1 Å².